The van der Waals surface area contributed by atoms with E-state index in [1.54, 1.807) is 32.3 Å². The van der Waals surface area contributed by atoms with Crippen molar-refractivity contribution in [3.05, 3.63) is 64.6 Å². The summed E-state index contributed by atoms with van der Waals surface area (Å²) in [4.78, 5) is 35.7. The van der Waals surface area contributed by atoms with Crippen LogP contribution in [-0.4, -0.2) is 74.7 Å². The van der Waals surface area contributed by atoms with E-state index in [1.807, 2.05) is 0 Å². The minimum Gasteiger partial charge on any atom is -0.362 e. The van der Waals surface area contributed by atoms with Gasteiger partial charge in [0.2, 0.25) is 5.91 Å². The van der Waals surface area contributed by atoms with Crippen LogP contribution in [0.25, 0.3) is 0 Å². The van der Waals surface area contributed by atoms with E-state index in [-0.39, 0.29) is 48.9 Å². The number of nitrogens with zero attached hydrogens (tertiary/aromatic N) is 4. The monoisotopic (exact) mass is 627 g/mol. The number of alkyl halides is 3. The molecule has 230 valence electrons. The summed E-state index contributed by atoms with van der Waals surface area (Å²) in [6.07, 6.45) is -0.864. The van der Waals surface area contributed by atoms with Crippen LogP contribution in [0, 0.1) is 11.6 Å². The average molecular weight is 628 g/mol. The maximum Gasteiger partial charge on any atom is 0.416 e. The molecular formula is C26H26F5N7O4S. The Labute approximate surface area is 242 Å². The summed E-state index contributed by atoms with van der Waals surface area (Å²) < 4.78 is 91.8. The van der Waals surface area contributed by atoms with Crippen molar-refractivity contribution in [2.75, 3.05) is 42.1 Å². The lowest BCUT2D eigenvalue weighted by Gasteiger charge is -2.56. The van der Waals surface area contributed by atoms with Crippen LogP contribution >= 0.6 is 0 Å². The second-order valence-corrected chi connectivity index (χ2v) is 13.2. The number of halogens is 5. The van der Waals surface area contributed by atoms with Gasteiger partial charge in [0, 0.05) is 44.4 Å². The first-order valence-corrected chi connectivity index (χ1v) is 14.8. The number of piperidine rings is 1. The van der Waals surface area contributed by atoms with E-state index in [0.717, 1.165) is 6.26 Å². The number of amides is 2. The van der Waals surface area contributed by atoms with Crippen LogP contribution in [0.1, 0.15) is 24.5 Å². The van der Waals surface area contributed by atoms with Crippen LogP contribution in [0.2, 0.25) is 0 Å². The van der Waals surface area contributed by atoms with E-state index in [9.17, 15) is 40.0 Å². The molecule has 43 heavy (non-hydrogen) atoms. The number of hydrogen-bond donors (Lipinski definition) is 3. The third-order valence-corrected chi connectivity index (χ3v) is 8.03. The van der Waals surface area contributed by atoms with E-state index in [1.165, 1.54) is 16.1 Å². The van der Waals surface area contributed by atoms with Crippen molar-refractivity contribution in [2.24, 2.45) is 4.99 Å². The Morgan fingerprint density at radius 2 is 1.86 bits per heavy atom. The number of anilines is 2. The molecule has 1 aromatic heterocycles. The molecule has 1 unspecified atom stereocenters. The number of carbonyl (C=O) groups is 2. The van der Waals surface area contributed by atoms with Crippen molar-refractivity contribution >= 4 is 39.4 Å². The van der Waals surface area contributed by atoms with Gasteiger partial charge >= 0.3 is 6.18 Å². The fraction of sp³-hybridized carbons (Fsp3) is 0.385. The molecule has 2 aromatic rings. The molecule has 0 aliphatic carbocycles. The lowest BCUT2D eigenvalue weighted by atomic mass is 9.71. The highest BCUT2D eigenvalue weighted by Crippen LogP contribution is 2.45. The van der Waals surface area contributed by atoms with Crippen molar-refractivity contribution in [3.8, 4) is 0 Å². The number of nitrogens with one attached hydrogen (secondary N) is 3. The van der Waals surface area contributed by atoms with Gasteiger partial charge in [-0.3, -0.25) is 14.6 Å². The first-order valence-electron chi connectivity index (χ1n) is 12.8. The van der Waals surface area contributed by atoms with E-state index < -0.39 is 67.5 Å². The molecule has 1 spiro atoms. The predicted octanol–water partition coefficient (Wildman–Crippen LogP) is 1.66. The lowest BCUT2D eigenvalue weighted by molar-refractivity contribution is -0.138. The Morgan fingerprint density at radius 1 is 1.21 bits per heavy atom. The van der Waals surface area contributed by atoms with E-state index in [0.29, 0.717) is 5.56 Å². The molecule has 2 saturated heterocycles. The lowest BCUT2D eigenvalue weighted by Crippen LogP contribution is -2.76. The van der Waals surface area contributed by atoms with Crippen LogP contribution in [0.15, 0.2) is 46.8 Å². The summed E-state index contributed by atoms with van der Waals surface area (Å²) in [6.45, 7) is 1.41. The summed E-state index contributed by atoms with van der Waals surface area (Å²) in [6, 6.07) is 3.71. The van der Waals surface area contributed by atoms with Crippen molar-refractivity contribution < 1.29 is 40.0 Å². The van der Waals surface area contributed by atoms with Gasteiger partial charge < -0.3 is 15.5 Å². The van der Waals surface area contributed by atoms with E-state index in [4.69, 9.17) is 0 Å². The molecule has 1 aromatic carbocycles. The fourth-order valence-electron chi connectivity index (χ4n) is 5.76. The molecule has 11 nitrogen and oxygen atoms in total. The molecule has 0 bridgehead atoms. The van der Waals surface area contributed by atoms with Crippen LogP contribution in [-0.2, 0) is 25.6 Å². The van der Waals surface area contributed by atoms with E-state index in [2.05, 4.69) is 26.0 Å². The Hall–Kier alpha value is -4.12. The average Bonchev–Trinajstić information content (AvgIpc) is 3.13. The molecule has 3 N–H and O–H groups in total. The zero-order chi connectivity index (χ0) is 31.5. The molecule has 2 amide bonds. The Morgan fingerprint density at radius 3 is 2.40 bits per heavy atom. The van der Waals surface area contributed by atoms with Crippen molar-refractivity contribution in [2.45, 2.75) is 30.6 Å². The quantitative estimate of drug-likeness (QED) is 0.325. The summed E-state index contributed by atoms with van der Waals surface area (Å²) in [5.74, 6) is -4.98. The van der Waals surface area contributed by atoms with Crippen LogP contribution in [0.3, 0.4) is 0 Å². The van der Waals surface area contributed by atoms with Crippen LogP contribution < -0.4 is 26.0 Å². The molecule has 0 saturated carbocycles. The number of pyridine rings is 1. The van der Waals surface area contributed by atoms with Gasteiger partial charge in [0.1, 0.15) is 34.7 Å². The number of aliphatic imine (C=N–C) groups is 1. The molecule has 4 heterocycles. The van der Waals surface area contributed by atoms with E-state index >= 15 is 0 Å². The van der Waals surface area contributed by atoms with Gasteiger partial charge in [-0.1, -0.05) is 0 Å². The Balaban J connectivity index is 1.45. The number of hydrogen-bond acceptors (Lipinski definition) is 9. The maximum atomic E-state index is 14.6. The summed E-state index contributed by atoms with van der Waals surface area (Å²) >= 11 is 0. The van der Waals surface area contributed by atoms with Gasteiger partial charge in [-0.2, -0.15) is 13.2 Å². The van der Waals surface area contributed by atoms with Gasteiger partial charge in [-0.25, -0.2) is 32.6 Å². The van der Waals surface area contributed by atoms with Crippen LogP contribution in [0.4, 0.5) is 33.5 Å². The van der Waals surface area contributed by atoms with Gasteiger partial charge in [-0.15, -0.1) is 0 Å². The number of hydrazine groups is 1. The largest absolute Gasteiger partial charge is 0.416 e. The smallest absolute Gasteiger partial charge is 0.362 e. The Bertz CT molecular complexity index is 1650. The third kappa shape index (κ3) is 5.78. The zero-order valence-corrected chi connectivity index (χ0v) is 23.8. The molecule has 1 atom stereocenters. The SMILES string of the molecule is CN=Cc1ccc(N2NC3(C)CC4(CN(c5c(F)cc(C(F)(F)F)cc5F)C4)NC(=O)C3=C2NC(=O)CS(C)(=O)=O)nc1. The van der Waals surface area contributed by atoms with Gasteiger partial charge in [0.15, 0.2) is 9.84 Å². The molecule has 2 fully saturated rings. The van der Waals surface area contributed by atoms with Gasteiger partial charge in [0.05, 0.1) is 22.2 Å². The topological polar surface area (TPSA) is 136 Å². The molecular weight excluding hydrogens is 601 g/mol. The van der Waals surface area contributed by atoms with Gasteiger partial charge in [-0.05, 0) is 37.6 Å². The van der Waals surface area contributed by atoms with Gasteiger partial charge in [0.25, 0.3) is 5.91 Å². The predicted molar refractivity (Wildman–Crippen MR) is 146 cm³/mol. The number of rotatable bonds is 6. The zero-order valence-electron chi connectivity index (χ0n) is 23.0. The minimum absolute atomic E-state index is 0.0519. The second kappa shape index (κ2) is 10.3. The van der Waals surface area contributed by atoms with Crippen molar-refractivity contribution in [1.82, 2.24) is 21.0 Å². The Kier molecular flexibility index (Phi) is 7.24. The highest BCUT2D eigenvalue weighted by Gasteiger charge is 2.59. The fourth-order valence-corrected chi connectivity index (χ4v) is 6.31. The number of aromatic nitrogens is 1. The molecule has 3 aliphatic rings. The third-order valence-electron chi connectivity index (χ3n) is 7.25. The molecule has 5 rings (SSSR count). The summed E-state index contributed by atoms with van der Waals surface area (Å²) in [5, 5.41) is 6.66. The van der Waals surface area contributed by atoms with Crippen LogP contribution in [0.5, 0.6) is 0 Å². The first kappa shape index (κ1) is 30.3. The molecule has 0 radical (unpaired) electrons. The maximum absolute atomic E-state index is 14.6. The number of carbonyl (C=O) groups excluding carboxylic acids is 2. The number of fused-ring (bicyclic) bond motifs is 1. The summed E-state index contributed by atoms with van der Waals surface area (Å²) in [5.41, 5.74) is -0.455. The highest BCUT2D eigenvalue weighted by molar-refractivity contribution is 7.91. The normalized spacial score (nSPS) is 21.7. The number of sulfone groups is 1. The molecule has 17 heteroatoms. The summed E-state index contributed by atoms with van der Waals surface area (Å²) in [7, 11) is -2.13. The first-order chi connectivity index (χ1) is 19.9. The second-order valence-electron chi connectivity index (χ2n) is 11.0. The number of benzene rings is 1. The minimum atomic E-state index is -4.93. The molecule has 3 aliphatic heterocycles. The standard InChI is InChI=1S/C26H26F5N7O4S/c1-24-11-25(12-37(13-25)21-16(27)6-15(7-17(21)28)26(29,30)31)35-23(40)20(24)22(34-19(39)10-43(3,41)42)38(36-24)18-5-4-14(8-32-2)9-33-18/h4-9,36H,10-13H2,1-3H3,(H,34,39)(H,35,40). The highest BCUT2D eigenvalue weighted by atomic mass is 32.2. The van der Waals surface area contributed by atoms with Crippen molar-refractivity contribution in [3.63, 3.8) is 0 Å². The van der Waals surface area contributed by atoms with Crippen molar-refractivity contribution in [1.29, 1.82) is 0 Å².